The summed E-state index contributed by atoms with van der Waals surface area (Å²) in [6.45, 7) is 6.73. The van der Waals surface area contributed by atoms with Crippen molar-refractivity contribution in [3.8, 4) is 5.75 Å². The van der Waals surface area contributed by atoms with Gasteiger partial charge in [-0.25, -0.2) is 0 Å². The molecule has 0 aromatic heterocycles. The molecule has 0 bridgehead atoms. The summed E-state index contributed by atoms with van der Waals surface area (Å²) >= 11 is 0. The number of aryl methyl sites for hydroxylation is 1. The number of amides is 3. The number of hydrogen-bond acceptors (Lipinski definition) is 8. The second-order valence-electron chi connectivity index (χ2n) is 17.6. The van der Waals surface area contributed by atoms with Crippen molar-refractivity contribution >= 4 is 53.7 Å². The standard InChI is InChI=1S/C49H50N4O8Si/c1-31-47(62(3,4)40-21-19-39(60-2)20-22-40)44(27-46(56)50-29-35-11-6-5-10-34(35)25-38(50)30-54)61-49(31)41-26-37(53(58)59)18-23-43(41)51(48(49)57)28-32-13-16-36(17-14-32)52-42-12-8-7-9-33(42)15-24-45(52)55/h5-14,16-23,26,31,38,44,47,54H,15,24-25,27-30H2,1-4H3/t31-,38-,44+,47-,49+/m0/s1. The molecule has 1 spiro atoms. The fourth-order valence-corrected chi connectivity index (χ4v) is 14.8. The summed E-state index contributed by atoms with van der Waals surface area (Å²) in [6.07, 6.45) is 0.834. The Morgan fingerprint density at radius 1 is 0.903 bits per heavy atom. The van der Waals surface area contributed by atoms with Crippen LogP contribution < -0.4 is 19.7 Å². The highest BCUT2D eigenvalue weighted by Gasteiger charge is 2.67. The van der Waals surface area contributed by atoms with Gasteiger partial charge in [0.25, 0.3) is 11.6 Å². The Kier molecular flexibility index (Phi) is 10.6. The van der Waals surface area contributed by atoms with Gasteiger partial charge in [0.05, 0.1) is 63.2 Å². The van der Waals surface area contributed by atoms with Gasteiger partial charge in [0.2, 0.25) is 11.8 Å². The Morgan fingerprint density at radius 2 is 1.60 bits per heavy atom. The van der Waals surface area contributed by atoms with Crippen LogP contribution in [0.4, 0.5) is 22.7 Å². The summed E-state index contributed by atoms with van der Waals surface area (Å²) in [6, 6.07) is 35.4. The Morgan fingerprint density at radius 3 is 2.29 bits per heavy atom. The topological polar surface area (TPSA) is 143 Å². The molecular weight excluding hydrogens is 801 g/mol. The normalized spacial score (nSPS) is 23.0. The van der Waals surface area contributed by atoms with Crippen LogP contribution in [0.3, 0.4) is 0 Å². The van der Waals surface area contributed by atoms with Crippen molar-refractivity contribution in [3.63, 3.8) is 0 Å². The second kappa shape index (κ2) is 16.0. The summed E-state index contributed by atoms with van der Waals surface area (Å²) in [5, 5.41) is 24.0. The minimum atomic E-state index is -2.67. The number of non-ortho nitro benzene ring substituents is 1. The van der Waals surface area contributed by atoms with E-state index in [0.29, 0.717) is 42.8 Å². The maximum absolute atomic E-state index is 15.5. The molecule has 0 aliphatic carbocycles. The maximum atomic E-state index is 15.5. The fraction of sp³-hybridized carbons (Fsp3) is 0.327. The summed E-state index contributed by atoms with van der Waals surface area (Å²) in [5.41, 5.74) is 4.43. The average molecular weight is 851 g/mol. The number of aliphatic hydroxyl groups excluding tert-OH is 1. The third kappa shape index (κ3) is 6.79. The molecule has 318 valence electrons. The highest BCUT2D eigenvalue weighted by Crippen LogP contribution is 2.60. The van der Waals surface area contributed by atoms with E-state index in [-0.39, 0.29) is 48.5 Å². The molecule has 9 rings (SSSR count). The van der Waals surface area contributed by atoms with Crippen LogP contribution in [-0.2, 0) is 50.7 Å². The van der Waals surface area contributed by atoms with Gasteiger partial charge in [-0.1, -0.05) is 91.9 Å². The van der Waals surface area contributed by atoms with Crippen LogP contribution in [-0.4, -0.2) is 66.6 Å². The zero-order chi connectivity index (χ0) is 43.5. The lowest BCUT2D eigenvalue weighted by molar-refractivity contribution is -0.385. The molecule has 1 fully saturated rings. The lowest BCUT2D eigenvalue weighted by atomic mass is 9.82. The average Bonchev–Trinajstić information content (AvgIpc) is 3.71. The molecule has 0 saturated carbocycles. The minimum Gasteiger partial charge on any atom is -0.497 e. The van der Waals surface area contributed by atoms with Gasteiger partial charge >= 0.3 is 0 Å². The van der Waals surface area contributed by atoms with E-state index in [4.69, 9.17) is 9.47 Å². The summed E-state index contributed by atoms with van der Waals surface area (Å²) in [4.78, 5) is 60.4. The van der Waals surface area contributed by atoms with E-state index in [0.717, 1.165) is 38.8 Å². The molecule has 4 aliphatic heterocycles. The number of carbonyl (C=O) groups excluding carboxylic acids is 3. The van der Waals surface area contributed by atoms with Gasteiger partial charge in [-0.05, 0) is 77.0 Å². The first-order valence-electron chi connectivity index (χ1n) is 21.3. The number of nitro groups is 1. The number of aliphatic hydroxyl groups is 1. The molecule has 12 nitrogen and oxygen atoms in total. The van der Waals surface area contributed by atoms with Crippen LogP contribution in [0.5, 0.6) is 5.75 Å². The first-order chi connectivity index (χ1) is 29.8. The summed E-state index contributed by atoms with van der Waals surface area (Å²) < 4.78 is 12.7. The van der Waals surface area contributed by atoms with E-state index >= 15 is 4.79 Å². The van der Waals surface area contributed by atoms with Crippen LogP contribution >= 0.6 is 0 Å². The number of rotatable bonds is 10. The lowest BCUT2D eigenvalue weighted by Crippen LogP contribution is -2.52. The third-order valence-electron chi connectivity index (χ3n) is 13.9. The van der Waals surface area contributed by atoms with E-state index in [9.17, 15) is 24.8 Å². The largest absolute Gasteiger partial charge is 0.497 e. The summed E-state index contributed by atoms with van der Waals surface area (Å²) in [7, 11) is -1.06. The number of fused-ring (bicyclic) bond motifs is 4. The fourth-order valence-electron chi connectivity index (χ4n) is 10.7. The van der Waals surface area contributed by atoms with E-state index < -0.39 is 36.7 Å². The lowest BCUT2D eigenvalue weighted by Gasteiger charge is -2.39. The Bertz CT molecular complexity index is 2580. The zero-order valence-corrected chi connectivity index (χ0v) is 36.3. The van der Waals surface area contributed by atoms with Crippen molar-refractivity contribution < 1.29 is 33.9 Å². The number of carbonyl (C=O) groups is 3. The van der Waals surface area contributed by atoms with Gasteiger partial charge in [-0.15, -0.1) is 0 Å². The molecule has 4 heterocycles. The SMILES string of the molecule is COc1ccc([Si](C)(C)[C@@H]2[C@@H](CC(=O)N3Cc4ccccc4C[C@H]3CO)O[C@]3(C(=O)N(Cc4ccc(N5C(=O)CCc6ccccc65)cc4)c4ccc([N+](=O)[O-])cc43)[C@H]2C)cc1. The predicted molar refractivity (Wildman–Crippen MR) is 238 cm³/mol. The van der Waals surface area contributed by atoms with Crippen molar-refractivity contribution in [1.82, 2.24) is 4.90 Å². The molecule has 5 atom stereocenters. The number of nitrogens with zero attached hydrogens (tertiary/aromatic N) is 4. The molecule has 5 aromatic rings. The number of anilines is 3. The van der Waals surface area contributed by atoms with Crippen molar-refractivity contribution in [2.24, 2.45) is 5.92 Å². The summed E-state index contributed by atoms with van der Waals surface area (Å²) in [5.74, 6) is -0.318. The number of hydrogen-bond donors (Lipinski definition) is 1. The van der Waals surface area contributed by atoms with E-state index in [2.05, 4.69) is 13.1 Å². The second-order valence-corrected chi connectivity index (χ2v) is 22.3. The Hall–Kier alpha value is -6.15. The van der Waals surface area contributed by atoms with Gasteiger partial charge < -0.3 is 24.4 Å². The van der Waals surface area contributed by atoms with Gasteiger partial charge in [0, 0.05) is 42.3 Å². The molecular formula is C49H50N4O8Si. The number of benzene rings is 5. The van der Waals surface area contributed by atoms with Crippen molar-refractivity contribution in [3.05, 3.63) is 153 Å². The van der Waals surface area contributed by atoms with Crippen molar-refractivity contribution in [2.45, 2.75) is 82.1 Å². The maximum Gasteiger partial charge on any atom is 0.269 e. The molecule has 62 heavy (non-hydrogen) atoms. The van der Waals surface area contributed by atoms with Crippen LogP contribution in [0.15, 0.2) is 115 Å². The van der Waals surface area contributed by atoms with Gasteiger partial charge in [-0.3, -0.25) is 29.4 Å². The van der Waals surface area contributed by atoms with Crippen LogP contribution in [0.2, 0.25) is 18.6 Å². The van der Waals surface area contributed by atoms with Gasteiger partial charge in [-0.2, -0.15) is 0 Å². The first-order valence-corrected chi connectivity index (χ1v) is 24.3. The highest BCUT2D eigenvalue weighted by atomic mass is 28.3. The molecule has 3 amide bonds. The number of nitro benzene ring substituents is 1. The number of ether oxygens (including phenoxy) is 2. The first kappa shape index (κ1) is 41.2. The predicted octanol–water partition coefficient (Wildman–Crippen LogP) is 7.31. The molecule has 0 radical (unpaired) electrons. The monoisotopic (exact) mass is 850 g/mol. The van der Waals surface area contributed by atoms with E-state index in [1.807, 2.05) is 104 Å². The number of para-hydroxylation sites is 1. The molecule has 1 N–H and O–H groups in total. The number of methoxy groups -OCH3 is 1. The third-order valence-corrected chi connectivity index (χ3v) is 18.3. The highest BCUT2D eigenvalue weighted by molar-refractivity contribution is 6.91. The van der Waals surface area contributed by atoms with Crippen LogP contribution in [0.25, 0.3) is 0 Å². The van der Waals surface area contributed by atoms with Gasteiger partial charge in [0.15, 0.2) is 5.60 Å². The van der Waals surface area contributed by atoms with Gasteiger partial charge in [0.1, 0.15) is 5.75 Å². The molecule has 13 heteroatoms. The van der Waals surface area contributed by atoms with Crippen molar-refractivity contribution in [2.75, 3.05) is 23.5 Å². The molecule has 5 aromatic carbocycles. The Balaban J connectivity index is 1.09. The smallest absolute Gasteiger partial charge is 0.269 e. The van der Waals surface area contributed by atoms with E-state index in [1.165, 1.54) is 12.1 Å². The zero-order valence-electron chi connectivity index (χ0n) is 35.3. The van der Waals surface area contributed by atoms with Crippen molar-refractivity contribution in [1.29, 1.82) is 0 Å². The minimum absolute atomic E-state index is 0.0108. The molecule has 0 unspecified atom stereocenters. The van der Waals surface area contributed by atoms with E-state index in [1.54, 1.807) is 27.9 Å². The quantitative estimate of drug-likeness (QED) is 0.0876. The molecule has 1 saturated heterocycles. The Labute approximate surface area is 361 Å². The van der Waals surface area contributed by atoms with Crippen LogP contribution in [0.1, 0.15) is 47.6 Å². The molecule has 4 aliphatic rings. The van der Waals surface area contributed by atoms with Crippen LogP contribution in [0, 0.1) is 16.0 Å².